The number of nitrogens with zero attached hydrogens (tertiary/aromatic N) is 1. The molecule has 0 rings (SSSR count). The molecule has 0 saturated carbocycles. The lowest BCUT2D eigenvalue weighted by Crippen LogP contribution is -2.56. The molecule has 0 aliphatic carbocycles. The van der Waals surface area contributed by atoms with E-state index < -0.39 is 0 Å². The lowest BCUT2D eigenvalue weighted by Gasteiger charge is -2.41. The van der Waals surface area contributed by atoms with Gasteiger partial charge >= 0.3 is 0 Å². The van der Waals surface area contributed by atoms with Gasteiger partial charge in [0.25, 0.3) is 0 Å². The molecule has 0 amide bonds. The Morgan fingerprint density at radius 3 is 1.14 bits per heavy atom. The normalized spacial score (nSPS) is 13.5. The van der Waals surface area contributed by atoms with Gasteiger partial charge in [-0.2, -0.15) is 0 Å². The molecule has 0 aliphatic heterocycles. The molecule has 0 aromatic rings. The molecule has 0 aromatic carbocycles. The summed E-state index contributed by atoms with van der Waals surface area (Å²) in [6.45, 7) is 12.4. The topological polar surface area (TPSA) is 20.2 Å². The summed E-state index contributed by atoms with van der Waals surface area (Å²) in [6.07, 6.45) is 15.5. The van der Waals surface area contributed by atoms with Gasteiger partial charge in [0, 0.05) is 6.92 Å². The van der Waals surface area contributed by atoms with Crippen LogP contribution in [0, 0.1) is 0 Å². The largest absolute Gasteiger partial charge is 0.345 e. The van der Waals surface area contributed by atoms with Gasteiger partial charge < -0.3 is 5.11 Å². The molecule has 22 heavy (non-hydrogen) atoms. The first-order valence-corrected chi connectivity index (χ1v) is 10.2. The van der Waals surface area contributed by atoms with E-state index in [0.29, 0.717) is 0 Å². The predicted octanol–water partition coefficient (Wildman–Crippen LogP) is 5.88. The van der Waals surface area contributed by atoms with Crippen molar-refractivity contribution < 1.29 is 9.59 Å². The molecule has 2 heteroatoms. The molecule has 0 heterocycles. The van der Waals surface area contributed by atoms with Crippen LogP contribution in [0.1, 0.15) is 105 Å². The van der Waals surface area contributed by atoms with E-state index in [9.17, 15) is 5.11 Å². The Labute approximate surface area is 140 Å². The number of rotatable bonds is 16. The predicted molar refractivity (Wildman–Crippen MR) is 99.0 cm³/mol. The van der Waals surface area contributed by atoms with E-state index in [4.69, 9.17) is 0 Å². The van der Waals surface area contributed by atoms with Crippen molar-refractivity contribution in [1.29, 1.82) is 0 Å². The van der Waals surface area contributed by atoms with Crippen LogP contribution in [0.4, 0.5) is 0 Å². The van der Waals surface area contributed by atoms with Gasteiger partial charge in [-0.05, 0) is 38.5 Å². The summed E-state index contributed by atoms with van der Waals surface area (Å²) >= 11 is 0. The Morgan fingerprint density at radius 1 is 0.591 bits per heavy atom. The van der Waals surface area contributed by atoms with Crippen molar-refractivity contribution >= 4 is 0 Å². The van der Waals surface area contributed by atoms with Crippen LogP contribution in [-0.2, 0) is 0 Å². The third kappa shape index (κ3) is 9.84. The van der Waals surface area contributed by atoms with Gasteiger partial charge in [0.15, 0.2) is 6.23 Å². The maximum absolute atomic E-state index is 10.5. The smallest absolute Gasteiger partial charge is 0.187 e. The maximum atomic E-state index is 10.5. The summed E-state index contributed by atoms with van der Waals surface area (Å²) in [6, 6.07) is 0. The SMILES string of the molecule is CCCCCC[N+](CCCCCC)(CCCCCC)C(C)O. The molecule has 0 aromatic heterocycles. The molecule has 0 bridgehead atoms. The first-order valence-electron chi connectivity index (χ1n) is 10.2. The quantitative estimate of drug-likeness (QED) is 0.214. The van der Waals surface area contributed by atoms with Gasteiger partial charge in [-0.3, -0.25) is 4.48 Å². The van der Waals surface area contributed by atoms with Crippen molar-refractivity contribution in [3.8, 4) is 0 Å². The number of unbranched alkanes of at least 4 members (excludes halogenated alkanes) is 9. The molecule has 1 atom stereocenters. The Balaban J connectivity index is 4.48. The van der Waals surface area contributed by atoms with Gasteiger partial charge in [0.2, 0.25) is 0 Å². The third-order valence-electron chi connectivity index (χ3n) is 5.16. The molecule has 2 nitrogen and oxygen atoms in total. The van der Waals surface area contributed by atoms with Crippen molar-refractivity contribution in [3.05, 3.63) is 0 Å². The zero-order valence-electron chi connectivity index (χ0n) is 16.1. The fourth-order valence-corrected chi connectivity index (χ4v) is 3.46. The van der Waals surface area contributed by atoms with Gasteiger partial charge in [-0.25, -0.2) is 0 Å². The van der Waals surface area contributed by atoms with E-state index in [2.05, 4.69) is 20.8 Å². The highest BCUT2D eigenvalue weighted by Gasteiger charge is 2.31. The van der Waals surface area contributed by atoms with Gasteiger partial charge in [-0.15, -0.1) is 0 Å². The zero-order chi connectivity index (χ0) is 16.7. The first-order chi connectivity index (χ1) is 10.6. The maximum Gasteiger partial charge on any atom is 0.187 e. The number of hydrogen-bond donors (Lipinski definition) is 1. The first kappa shape index (κ1) is 21.9. The highest BCUT2D eigenvalue weighted by molar-refractivity contribution is 4.52. The van der Waals surface area contributed by atoms with E-state index in [1.54, 1.807) is 0 Å². The van der Waals surface area contributed by atoms with Gasteiger partial charge in [0.1, 0.15) is 0 Å². The second kappa shape index (κ2) is 14.5. The van der Waals surface area contributed by atoms with Crippen LogP contribution >= 0.6 is 0 Å². The van der Waals surface area contributed by atoms with E-state index in [1.165, 1.54) is 96.7 Å². The summed E-state index contributed by atoms with van der Waals surface area (Å²) in [4.78, 5) is 0. The number of aliphatic hydroxyl groups is 1. The van der Waals surface area contributed by atoms with Crippen LogP contribution in [0.15, 0.2) is 0 Å². The lowest BCUT2D eigenvalue weighted by molar-refractivity contribution is -0.969. The monoisotopic (exact) mass is 314 g/mol. The van der Waals surface area contributed by atoms with Crippen molar-refractivity contribution in [2.24, 2.45) is 0 Å². The minimum Gasteiger partial charge on any atom is -0.345 e. The minimum atomic E-state index is -0.204. The summed E-state index contributed by atoms with van der Waals surface area (Å²) in [5, 5.41) is 10.5. The van der Waals surface area contributed by atoms with Crippen LogP contribution in [0.2, 0.25) is 0 Å². The van der Waals surface area contributed by atoms with E-state index in [0.717, 1.165) is 4.48 Å². The van der Waals surface area contributed by atoms with E-state index >= 15 is 0 Å². The van der Waals surface area contributed by atoms with Crippen molar-refractivity contribution in [2.75, 3.05) is 19.6 Å². The molecule has 0 aliphatic rings. The van der Waals surface area contributed by atoms with Gasteiger partial charge in [0.05, 0.1) is 19.6 Å². The minimum absolute atomic E-state index is 0.204. The molecular formula is C20H44NO+. The second-order valence-electron chi connectivity index (χ2n) is 7.20. The molecule has 1 N–H and O–H groups in total. The summed E-state index contributed by atoms with van der Waals surface area (Å²) in [5.41, 5.74) is 0. The van der Waals surface area contributed by atoms with Crippen molar-refractivity contribution in [1.82, 2.24) is 0 Å². The van der Waals surface area contributed by atoms with Crippen LogP contribution < -0.4 is 0 Å². The van der Waals surface area contributed by atoms with E-state index in [-0.39, 0.29) is 6.23 Å². The average Bonchev–Trinajstić information content (AvgIpc) is 2.51. The Kier molecular flexibility index (Phi) is 14.5. The number of aliphatic hydroxyl groups excluding tert-OH is 1. The van der Waals surface area contributed by atoms with Crippen LogP contribution in [0.3, 0.4) is 0 Å². The van der Waals surface area contributed by atoms with Crippen molar-refractivity contribution in [2.45, 2.75) is 111 Å². The highest BCUT2D eigenvalue weighted by Crippen LogP contribution is 2.20. The summed E-state index contributed by atoms with van der Waals surface area (Å²) < 4.78 is 0.955. The molecule has 1 unspecified atom stereocenters. The molecule has 0 spiro atoms. The fraction of sp³-hybridized carbons (Fsp3) is 1.00. The molecule has 0 saturated heterocycles. The molecule has 134 valence electrons. The Morgan fingerprint density at radius 2 is 0.909 bits per heavy atom. The number of quaternary nitrogens is 1. The van der Waals surface area contributed by atoms with Crippen LogP contribution in [0.5, 0.6) is 0 Å². The summed E-state index contributed by atoms with van der Waals surface area (Å²) in [7, 11) is 0. The average molecular weight is 315 g/mol. The zero-order valence-corrected chi connectivity index (χ0v) is 16.1. The third-order valence-corrected chi connectivity index (χ3v) is 5.16. The lowest BCUT2D eigenvalue weighted by atomic mass is 10.1. The molecular weight excluding hydrogens is 270 g/mol. The summed E-state index contributed by atoms with van der Waals surface area (Å²) in [5.74, 6) is 0. The van der Waals surface area contributed by atoms with Crippen LogP contribution in [0.25, 0.3) is 0 Å². The highest BCUT2D eigenvalue weighted by atomic mass is 16.3. The Hall–Kier alpha value is -0.0800. The standard InChI is InChI=1S/C20H44NO/c1-5-8-11-14-17-21(20(4)22,18-15-12-9-6-2)19-16-13-10-7-3/h20,22H,5-19H2,1-4H3/q+1. The van der Waals surface area contributed by atoms with Crippen LogP contribution in [-0.4, -0.2) is 35.5 Å². The van der Waals surface area contributed by atoms with E-state index in [1.807, 2.05) is 6.92 Å². The van der Waals surface area contributed by atoms with Gasteiger partial charge in [-0.1, -0.05) is 59.3 Å². The number of hydrogen-bond acceptors (Lipinski definition) is 1. The fourth-order valence-electron chi connectivity index (χ4n) is 3.46. The molecule has 0 fully saturated rings. The Bertz CT molecular complexity index is 196. The van der Waals surface area contributed by atoms with Crippen molar-refractivity contribution in [3.63, 3.8) is 0 Å². The molecule has 0 radical (unpaired) electrons. The second-order valence-corrected chi connectivity index (χ2v) is 7.20.